The Balaban J connectivity index is 4.09. The fourth-order valence-corrected chi connectivity index (χ4v) is 4.30. The third-order valence-electron chi connectivity index (χ3n) is 2.26. The first-order valence-electron chi connectivity index (χ1n) is 5.70. The smallest absolute Gasteiger partial charge is 0.335 e. The van der Waals surface area contributed by atoms with Crippen molar-refractivity contribution in [2.24, 2.45) is 5.73 Å². The van der Waals surface area contributed by atoms with Crippen molar-refractivity contribution in [1.82, 2.24) is 0 Å². The topological polar surface area (TPSA) is 64.7 Å². The van der Waals surface area contributed by atoms with E-state index >= 15 is 0 Å². The summed E-state index contributed by atoms with van der Waals surface area (Å²) in [5.74, 6) is 0. The molecule has 2 atom stereocenters. The van der Waals surface area contributed by atoms with E-state index in [4.69, 9.17) is 19.7 Å². The lowest BCUT2D eigenvalue weighted by Gasteiger charge is -2.29. The zero-order chi connectivity index (χ0) is 11.7. The van der Waals surface area contributed by atoms with Gasteiger partial charge in [-0.3, -0.25) is 0 Å². The molecule has 4 nitrogen and oxygen atoms in total. The molecular weight excluding hydrogens is 210 g/mol. The third-order valence-corrected chi connectivity index (χ3v) is 5.32. The van der Waals surface area contributed by atoms with Crippen molar-refractivity contribution in [2.45, 2.75) is 45.4 Å². The van der Waals surface area contributed by atoms with Crippen LogP contribution in [-0.2, 0) is 8.85 Å². The van der Waals surface area contributed by atoms with Crippen LogP contribution in [0.5, 0.6) is 0 Å². The van der Waals surface area contributed by atoms with Gasteiger partial charge in [0, 0.05) is 19.3 Å². The van der Waals surface area contributed by atoms with Crippen molar-refractivity contribution < 1.29 is 14.0 Å². The Morgan fingerprint density at radius 3 is 2.60 bits per heavy atom. The molecule has 0 spiro atoms. The van der Waals surface area contributed by atoms with Crippen LogP contribution in [-0.4, -0.2) is 39.5 Å². The van der Waals surface area contributed by atoms with Crippen LogP contribution in [0.1, 0.15) is 26.7 Å². The molecule has 15 heavy (non-hydrogen) atoms. The summed E-state index contributed by atoms with van der Waals surface area (Å²) in [7, 11) is -2.09. The second-order valence-corrected chi connectivity index (χ2v) is 7.19. The van der Waals surface area contributed by atoms with Crippen LogP contribution in [0.4, 0.5) is 0 Å². The molecule has 0 aromatic heterocycles. The molecule has 0 saturated heterocycles. The molecule has 0 rings (SSSR count). The maximum atomic E-state index is 8.83. The van der Waals surface area contributed by atoms with Crippen molar-refractivity contribution in [3.05, 3.63) is 0 Å². The molecular formula is C10H25NO3Si. The molecule has 0 aromatic carbocycles. The summed E-state index contributed by atoms with van der Waals surface area (Å²) in [4.78, 5) is 0. The first-order chi connectivity index (χ1) is 7.08. The highest BCUT2D eigenvalue weighted by molar-refractivity contribution is 6.66. The van der Waals surface area contributed by atoms with Crippen LogP contribution in [0.15, 0.2) is 0 Å². The van der Waals surface area contributed by atoms with Crippen molar-refractivity contribution >= 4 is 8.56 Å². The summed E-state index contributed by atoms with van der Waals surface area (Å²) in [5, 5.41) is 8.83. The van der Waals surface area contributed by atoms with Gasteiger partial charge in [0.2, 0.25) is 0 Å². The van der Waals surface area contributed by atoms with Crippen LogP contribution < -0.4 is 5.73 Å². The highest BCUT2D eigenvalue weighted by Gasteiger charge is 2.32. The molecule has 0 bridgehead atoms. The molecule has 0 aromatic rings. The first kappa shape index (κ1) is 15.1. The molecule has 2 unspecified atom stereocenters. The Bertz CT molecular complexity index is 160. The van der Waals surface area contributed by atoms with Gasteiger partial charge in [-0.1, -0.05) is 0 Å². The maximum absolute atomic E-state index is 8.83. The Labute approximate surface area is 94.0 Å². The minimum absolute atomic E-state index is 0.150. The van der Waals surface area contributed by atoms with E-state index in [-0.39, 0.29) is 12.7 Å². The zero-order valence-corrected chi connectivity index (χ0v) is 11.2. The second kappa shape index (κ2) is 8.24. The van der Waals surface area contributed by atoms with Gasteiger partial charge in [-0.15, -0.1) is 0 Å². The SMILES string of the molecule is CCO[Si](C)(CCCO)OC(C)CCN. The highest BCUT2D eigenvalue weighted by atomic mass is 28.4. The molecule has 0 heterocycles. The molecule has 92 valence electrons. The van der Waals surface area contributed by atoms with E-state index < -0.39 is 8.56 Å². The lowest BCUT2D eigenvalue weighted by Crippen LogP contribution is -2.42. The van der Waals surface area contributed by atoms with E-state index in [9.17, 15) is 0 Å². The molecule has 5 heteroatoms. The number of rotatable bonds is 9. The number of hydrogen-bond donors (Lipinski definition) is 2. The minimum atomic E-state index is -2.09. The Kier molecular flexibility index (Phi) is 8.27. The predicted octanol–water partition coefficient (Wildman–Crippen LogP) is 1.23. The van der Waals surface area contributed by atoms with E-state index in [1.54, 1.807) is 0 Å². The Morgan fingerprint density at radius 1 is 1.47 bits per heavy atom. The molecule has 0 radical (unpaired) electrons. The van der Waals surface area contributed by atoms with Gasteiger partial charge in [-0.05, 0) is 45.8 Å². The van der Waals surface area contributed by atoms with E-state index in [0.717, 1.165) is 18.9 Å². The summed E-state index contributed by atoms with van der Waals surface area (Å²) in [5.41, 5.74) is 5.48. The average Bonchev–Trinajstić information content (AvgIpc) is 2.15. The summed E-state index contributed by atoms with van der Waals surface area (Å²) >= 11 is 0. The Hall–Kier alpha value is 0.0569. The molecule has 0 aliphatic carbocycles. The molecule has 0 aliphatic heterocycles. The van der Waals surface area contributed by atoms with E-state index in [1.807, 2.05) is 13.8 Å². The van der Waals surface area contributed by atoms with E-state index in [1.165, 1.54) is 0 Å². The number of hydrogen-bond acceptors (Lipinski definition) is 4. The summed E-state index contributed by atoms with van der Waals surface area (Å²) in [6.07, 6.45) is 1.75. The molecule has 0 fully saturated rings. The summed E-state index contributed by atoms with van der Waals surface area (Å²) in [6, 6.07) is 0.840. The summed E-state index contributed by atoms with van der Waals surface area (Å²) < 4.78 is 11.7. The van der Waals surface area contributed by atoms with Gasteiger partial charge in [-0.2, -0.15) is 0 Å². The van der Waals surface area contributed by atoms with Crippen LogP contribution in [0.25, 0.3) is 0 Å². The van der Waals surface area contributed by atoms with Crippen molar-refractivity contribution in [1.29, 1.82) is 0 Å². The van der Waals surface area contributed by atoms with Gasteiger partial charge in [-0.25, -0.2) is 0 Å². The van der Waals surface area contributed by atoms with E-state index in [2.05, 4.69) is 6.55 Å². The largest absolute Gasteiger partial charge is 0.396 e. The third kappa shape index (κ3) is 7.02. The van der Waals surface area contributed by atoms with Crippen LogP contribution in [0, 0.1) is 0 Å². The molecule has 0 amide bonds. The first-order valence-corrected chi connectivity index (χ1v) is 8.23. The summed E-state index contributed by atoms with van der Waals surface area (Å²) in [6.45, 7) is 7.56. The standard InChI is InChI=1S/C10H25NO3Si/c1-4-13-15(3,9-5-8-12)14-10(2)6-7-11/h10,12H,4-9,11H2,1-3H3. The van der Waals surface area contributed by atoms with Gasteiger partial charge in [0.25, 0.3) is 0 Å². The van der Waals surface area contributed by atoms with E-state index in [0.29, 0.717) is 13.2 Å². The fourth-order valence-electron chi connectivity index (χ4n) is 1.59. The number of nitrogens with two attached hydrogens (primary N) is 1. The van der Waals surface area contributed by atoms with Gasteiger partial charge >= 0.3 is 8.56 Å². The normalized spacial score (nSPS) is 17.4. The van der Waals surface area contributed by atoms with Gasteiger partial charge < -0.3 is 19.7 Å². The van der Waals surface area contributed by atoms with Gasteiger partial charge in [0.1, 0.15) is 0 Å². The monoisotopic (exact) mass is 235 g/mol. The fraction of sp³-hybridized carbons (Fsp3) is 1.00. The van der Waals surface area contributed by atoms with Gasteiger partial charge in [0.15, 0.2) is 0 Å². The molecule has 3 N–H and O–H groups in total. The van der Waals surface area contributed by atoms with Gasteiger partial charge in [0.05, 0.1) is 0 Å². The lowest BCUT2D eigenvalue weighted by atomic mass is 10.3. The van der Waals surface area contributed by atoms with Crippen LogP contribution in [0.3, 0.4) is 0 Å². The number of aliphatic hydroxyl groups excluding tert-OH is 1. The second-order valence-electron chi connectivity index (χ2n) is 3.90. The molecule has 0 saturated carbocycles. The molecule has 0 aliphatic rings. The number of aliphatic hydroxyl groups is 1. The zero-order valence-electron chi connectivity index (χ0n) is 10.2. The lowest BCUT2D eigenvalue weighted by molar-refractivity contribution is 0.124. The maximum Gasteiger partial charge on any atom is 0.335 e. The van der Waals surface area contributed by atoms with Crippen LogP contribution >= 0.6 is 0 Å². The van der Waals surface area contributed by atoms with Crippen molar-refractivity contribution in [3.63, 3.8) is 0 Å². The van der Waals surface area contributed by atoms with Crippen molar-refractivity contribution in [3.8, 4) is 0 Å². The highest BCUT2D eigenvalue weighted by Crippen LogP contribution is 2.18. The minimum Gasteiger partial charge on any atom is -0.396 e. The van der Waals surface area contributed by atoms with Crippen molar-refractivity contribution in [2.75, 3.05) is 19.8 Å². The quantitative estimate of drug-likeness (QED) is 0.590. The average molecular weight is 235 g/mol. The van der Waals surface area contributed by atoms with Crippen LogP contribution in [0.2, 0.25) is 12.6 Å². The Morgan fingerprint density at radius 2 is 2.13 bits per heavy atom. The predicted molar refractivity (Wildman–Crippen MR) is 64.0 cm³/mol.